The van der Waals surface area contributed by atoms with Gasteiger partial charge in [0, 0.05) is 5.56 Å². The molecule has 6 nitrogen and oxygen atoms in total. The van der Waals surface area contributed by atoms with Crippen LogP contribution in [0.5, 0.6) is 11.5 Å². The Morgan fingerprint density at radius 1 is 1.25 bits per heavy atom. The molecule has 1 aromatic rings. The molecule has 0 fully saturated rings. The first-order valence-electron chi connectivity index (χ1n) is 6.57. The maximum atomic E-state index is 8.68. The van der Waals surface area contributed by atoms with E-state index >= 15 is 0 Å². The first kappa shape index (κ1) is 16.1. The molecule has 0 saturated heterocycles. The molecule has 0 aliphatic rings. The normalized spacial score (nSPS) is 11.7. The second-order valence-electron chi connectivity index (χ2n) is 4.35. The molecule has 1 aromatic carbocycles. The number of ether oxygens (including phenoxy) is 3. The summed E-state index contributed by atoms with van der Waals surface area (Å²) in [7, 11) is 0. The first-order chi connectivity index (χ1) is 9.58. The Bertz CT molecular complexity index is 447. The van der Waals surface area contributed by atoms with Crippen molar-refractivity contribution in [2.75, 3.05) is 19.8 Å². The Labute approximate surface area is 119 Å². The van der Waals surface area contributed by atoms with Gasteiger partial charge in [-0.15, -0.1) is 0 Å². The average Bonchev–Trinajstić information content (AvgIpc) is 2.44. The van der Waals surface area contributed by atoms with E-state index in [4.69, 9.17) is 25.2 Å². The molecule has 112 valence electrons. The summed E-state index contributed by atoms with van der Waals surface area (Å²) < 4.78 is 16.5. The van der Waals surface area contributed by atoms with E-state index < -0.39 is 0 Å². The summed E-state index contributed by atoms with van der Waals surface area (Å²) in [6.45, 7) is 7.25. The molecule has 0 spiro atoms. The fraction of sp³-hybridized carbons (Fsp3) is 0.500. The monoisotopic (exact) mass is 282 g/mol. The van der Waals surface area contributed by atoms with E-state index in [1.807, 2.05) is 20.8 Å². The summed E-state index contributed by atoms with van der Waals surface area (Å²) >= 11 is 0. The zero-order valence-electron chi connectivity index (χ0n) is 12.1. The van der Waals surface area contributed by atoms with Crippen molar-refractivity contribution >= 4 is 5.84 Å². The van der Waals surface area contributed by atoms with E-state index in [1.165, 1.54) is 0 Å². The Morgan fingerprint density at radius 3 is 2.60 bits per heavy atom. The summed E-state index contributed by atoms with van der Waals surface area (Å²) in [5.74, 6) is 1.19. The van der Waals surface area contributed by atoms with Gasteiger partial charge in [0.2, 0.25) is 0 Å². The predicted molar refractivity (Wildman–Crippen MR) is 76.7 cm³/mol. The van der Waals surface area contributed by atoms with Crippen LogP contribution in [0.1, 0.15) is 26.3 Å². The zero-order chi connectivity index (χ0) is 15.0. The van der Waals surface area contributed by atoms with Gasteiger partial charge in [0.25, 0.3) is 0 Å². The van der Waals surface area contributed by atoms with Crippen LogP contribution in [-0.2, 0) is 4.74 Å². The second-order valence-corrected chi connectivity index (χ2v) is 4.35. The third-order valence-electron chi connectivity index (χ3n) is 2.44. The zero-order valence-corrected chi connectivity index (χ0v) is 12.1. The fourth-order valence-electron chi connectivity index (χ4n) is 1.55. The summed E-state index contributed by atoms with van der Waals surface area (Å²) in [6.07, 6.45) is 0.174. The third-order valence-corrected chi connectivity index (χ3v) is 2.44. The molecule has 0 heterocycles. The van der Waals surface area contributed by atoms with E-state index in [2.05, 4.69) is 5.16 Å². The quantitative estimate of drug-likeness (QED) is 0.250. The molecule has 0 aliphatic heterocycles. The fourth-order valence-corrected chi connectivity index (χ4v) is 1.55. The Balaban J connectivity index is 2.74. The molecule has 0 radical (unpaired) electrons. The summed E-state index contributed by atoms with van der Waals surface area (Å²) in [5.41, 5.74) is 6.12. The average molecular weight is 282 g/mol. The highest BCUT2D eigenvalue weighted by atomic mass is 16.5. The summed E-state index contributed by atoms with van der Waals surface area (Å²) in [4.78, 5) is 0. The van der Waals surface area contributed by atoms with Crippen LogP contribution in [0.4, 0.5) is 0 Å². The van der Waals surface area contributed by atoms with Crippen LogP contribution in [0.15, 0.2) is 23.4 Å². The van der Waals surface area contributed by atoms with E-state index in [0.29, 0.717) is 36.9 Å². The van der Waals surface area contributed by atoms with Crippen LogP contribution < -0.4 is 15.2 Å². The highest BCUT2D eigenvalue weighted by Gasteiger charge is 2.09. The lowest BCUT2D eigenvalue weighted by Crippen LogP contribution is -2.14. The minimum absolute atomic E-state index is 0.0284. The van der Waals surface area contributed by atoms with Gasteiger partial charge in [0.05, 0.1) is 19.3 Å². The minimum atomic E-state index is 0.0284. The molecule has 0 bridgehead atoms. The van der Waals surface area contributed by atoms with Gasteiger partial charge in [0.1, 0.15) is 6.61 Å². The number of hydrogen-bond acceptors (Lipinski definition) is 5. The van der Waals surface area contributed by atoms with Crippen molar-refractivity contribution in [1.82, 2.24) is 0 Å². The van der Waals surface area contributed by atoms with E-state index in [-0.39, 0.29) is 11.9 Å². The number of oxime groups is 1. The summed E-state index contributed by atoms with van der Waals surface area (Å²) in [6, 6.07) is 5.11. The van der Waals surface area contributed by atoms with Crippen molar-refractivity contribution < 1.29 is 19.4 Å². The molecule has 0 atom stereocenters. The van der Waals surface area contributed by atoms with Crippen molar-refractivity contribution in [3.8, 4) is 11.5 Å². The lowest BCUT2D eigenvalue weighted by Gasteiger charge is -2.14. The maximum Gasteiger partial charge on any atom is 0.170 e. The highest BCUT2D eigenvalue weighted by Crippen LogP contribution is 2.28. The largest absolute Gasteiger partial charge is 0.490 e. The Hall–Kier alpha value is -1.95. The lowest BCUT2D eigenvalue weighted by atomic mass is 10.2. The number of rotatable bonds is 8. The van der Waals surface area contributed by atoms with Crippen LogP contribution in [0.25, 0.3) is 0 Å². The van der Waals surface area contributed by atoms with Gasteiger partial charge < -0.3 is 25.2 Å². The Kier molecular flexibility index (Phi) is 6.66. The number of amidine groups is 1. The molecule has 0 saturated carbocycles. The molecule has 1 rings (SSSR count). The van der Waals surface area contributed by atoms with Gasteiger partial charge in [-0.2, -0.15) is 0 Å². The topological polar surface area (TPSA) is 86.3 Å². The molecule has 0 amide bonds. The SMILES string of the molecule is CCOc1cc(C(N)=NO)ccc1OCCOC(C)C. The van der Waals surface area contributed by atoms with Gasteiger partial charge in [-0.3, -0.25) is 0 Å². The summed E-state index contributed by atoms with van der Waals surface area (Å²) in [5, 5.41) is 11.6. The molecular weight excluding hydrogens is 260 g/mol. The molecule has 0 unspecified atom stereocenters. The van der Waals surface area contributed by atoms with E-state index in [9.17, 15) is 0 Å². The number of hydrogen-bond donors (Lipinski definition) is 2. The van der Waals surface area contributed by atoms with E-state index in [1.54, 1.807) is 18.2 Å². The van der Waals surface area contributed by atoms with Crippen LogP contribution >= 0.6 is 0 Å². The Morgan fingerprint density at radius 2 is 2.00 bits per heavy atom. The van der Waals surface area contributed by atoms with Crippen molar-refractivity contribution in [3.63, 3.8) is 0 Å². The van der Waals surface area contributed by atoms with Crippen LogP contribution in [-0.4, -0.2) is 37.0 Å². The van der Waals surface area contributed by atoms with Crippen LogP contribution in [0.3, 0.4) is 0 Å². The molecule has 0 aliphatic carbocycles. The number of nitrogens with zero attached hydrogens (tertiary/aromatic N) is 1. The maximum absolute atomic E-state index is 8.68. The molecule has 20 heavy (non-hydrogen) atoms. The smallest absolute Gasteiger partial charge is 0.170 e. The third kappa shape index (κ3) is 4.97. The van der Waals surface area contributed by atoms with Crippen molar-refractivity contribution in [2.24, 2.45) is 10.9 Å². The van der Waals surface area contributed by atoms with Crippen LogP contribution in [0, 0.1) is 0 Å². The van der Waals surface area contributed by atoms with Gasteiger partial charge in [-0.05, 0) is 39.0 Å². The van der Waals surface area contributed by atoms with Crippen molar-refractivity contribution in [1.29, 1.82) is 0 Å². The molecular formula is C14H22N2O4. The van der Waals surface area contributed by atoms with Gasteiger partial charge in [-0.1, -0.05) is 5.16 Å². The standard InChI is InChI=1S/C14H22N2O4/c1-4-18-13-9-11(14(15)16-17)5-6-12(13)20-8-7-19-10(2)3/h5-6,9-10,17H,4,7-8H2,1-3H3,(H2,15,16). The number of benzene rings is 1. The molecule has 6 heteroatoms. The van der Waals surface area contributed by atoms with Crippen LogP contribution in [0.2, 0.25) is 0 Å². The highest BCUT2D eigenvalue weighted by molar-refractivity contribution is 5.97. The van der Waals surface area contributed by atoms with Gasteiger partial charge in [-0.25, -0.2) is 0 Å². The second kappa shape index (κ2) is 8.27. The minimum Gasteiger partial charge on any atom is -0.490 e. The first-order valence-corrected chi connectivity index (χ1v) is 6.57. The van der Waals surface area contributed by atoms with Gasteiger partial charge in [0.15, 0.2) is 17.3 Å². The predicted octanol–water partition coefficient (Wildman–Crippen LogP) is 1.98. The lowest BCUT2D eigenvalue weighted by molar-refractivity contribution is 0.0545. The van der Waals surface area contributed by atoms with E-state index in [0.717, 1.165) is 0 Å². The van der Waals surface area contributed by atoms with Crippen molar-refractivity contribution in [3.05, 3.63) is 23.8 Å². The molecule has 3 N–H and O–H groups in total. The van der Waals surface area contributed by atoms with Gasteiger partial charge >= 0.3 is 0 Å². The number of nitrogens with two attached hydrogens (primary N) is 1. The van der Waals surface area contributed by atoms with Crippen molar-refractivity contribution in [2.45, 2.75) is 26.9 Å². The molecule has 0 aromatic heterocycles.